The molecule has 0 amide bonds. The van der Waals surface area contributed by atoms with Gasteiger partial charge in [-0.15, -0.1) is 0 Å². The van der Waals surface area contributed by atoms with E-state index in [4.69, 9.17) is 4.74 Å². The quantitative estimate of drug-likeness (QED) is 0.179. The van der Waals surface area contributed by atoms with Gasteiger partial charge < -0.3 is 4.74 Å². The smallest absolute Gasteiger partial charge is 0.239 e. The van der Waals surface area contributed by atoms with Crippen LogP contribution in [0.25, 0.3) is 5.57 Å². The molecule has 0 aromatic heterocycles. The average molecular weight is 527 g/mol. The van der Waals surface area contributed by atoms with Gasteiger partial charge in [0.1, 0.15) is 11.4 Å². The van der Waals surface area contributed by atoms with Gasteiger partial charge in [0.2, 0.25) is 5.78 Å². The average Bonchev–Trinajstić information content (AvgIpc) is 3.57. The van der Waals surface area contributed by atoms with Gasteiger partial charge in [0.25, 0.3) is 0 Å². The molecule has 39 heavy (non-hydrogen) atoms. The lowest BCUT2D eigenvalue weighted by Gasteiger charge is -2.16. The van der Waals surface area contributed by atoms with Gasteiger partial charge in [-0.05, 0) is 87.9 Å². The predicted molar refractivity (Wildman–Crippen MR) is 169 cm³/mol. The number of ketones is 1. The summed E-state index contributed by atoms with van der Waals surface area (Å²) in [5.41, 5.74) is 8.37. The molecule has 5 heteroatoms. The molecule has 0 saturated heterocycles. The molecule has 5 nitrogen and oxygen atoms in total. The first kappa shape index (κ1) is 29.8. The molecule has 0 bridgehead atoms. The SMILES string of the molecule is C\C=C/C=N\C(C)=C(\C=NC)C(=O)C#Cc1cc2c(cc1C1=C(CC(/C=C(/C)CCC)=NC)[CH]1)OC(C)(C)C2.[HH].[HH]. The molecule has 1 heterocycles. The van der Waals surface area contributed by atoms with Crippen molar-refractivity contribution in [3.05, 3.63) is 75.9 Å². The first-order valence-electron chi connectivity index (χ1n) is 13.5. The molecule has 2 aliphatic rings. The zero-order valence-electron chi connectivity index (χ0n) is 24.6. The van der Waals surface area contributed by atoms with Gasteiger partial charge in [-0.3, -0.25) is 19.8 Å². The molecule has 0 spiro atoms. The Morgan fingerprint density at radius 1 is 1.23 bits per heavy atom. The van der Waals surface area contributed by atoms with Crippen LogP contribution in [0.2, 0.25) is 0 Å². The number of hydrogen-bond acceptors (Lipinski definition) is 5. The maximum Gasteiger partial charge on any atom is 0.239 e. The monoisotopic (exact) mass is 526 g/mol. The lowest BCUT2D eigenvalue weighted by molar-refractivity contribution is -0.110. The number of aliphatic imine (C=N–C) groups is 3. The summed E-state index contributed by atoms with van der Waals surface area (Å²) in [5, 5.41) is 0. The fourth-order valence-electron chi connectivity index (χ4n) is 4.60. The second-order valence-electron chi connectivity index (χ2n) is 10.5. The van der Waals surface area contributed by atoms with Crippen LogP contribution in [-0.4, -0.2) is 43.6 Å². The molecule has 1 radical (unpaired) electrons. The molecule has 0 saturated carbocycles. The Labute approximate surface area is 237 Å². The number of ether oxygens (including phenoxy) is 1. The van der Waals surface area contributed by atoms with Crippen molar-refractivity contribution in [2.75, 3.05) is 14.1 Å². The van der Waals surface area contributed by atoms with Gasteiger partial charge in [-0.25, -0.2) is 0 Å². The summed E-state index contributed by atoms with van der Waals surface area (Å²) in [6.45, 7) is 12.2. The lowest BCUT2D eigenvalue weighted by Crippen LogP contribution is -2.24. The summed E-state index contributed by atoms with van der Waals surface area (Å²) in [6.07, 6.45) is 15.0. The second-order valence-corrected chi connectivity index (χ2v) is 10.5. The second kappa shape index (κ2) is 13.3. The van der Waals surface area contributed by atoms with E-state index in [-0.39, 0.29) is 14.2 Å². The number of Topliss-reactive ketones (excluding diaryl/α,β-unsaturated/α-hetero) is 1. The molecule has 1 aliphatic carbocycles. The number of fused-ring (bicyclic) bond motifs is 1. The van der Waals surface area contributed by atoms with Crippen LogP contribution in [0.5, 0.6) is 5.75 Å². The molecule has 1 aromatic carbocycles. The van der Waals surface area contributed by atoms with E-state index in [9.17, 15) is 4.79 Å². The molecule has 207 valence electrons. The topological polar surface area (TPSA) is 63.4 Å². The highest BCUT2D eigenvalue weighted by Gasteiger charge is 2.33. The summed E-state index contributed by atoms with van der Waals surface area (Å²) in [4.78, 5) is 26.0. The zero-order valence-corrected chi connectivity index (χ0v) is 24.6. The van der Waals surface area contributed by atoms with E-state index in [1.807, 2.05) is 26.1 Å². The van der Waals surface area contributed by atoms with E-state index in [0.29, 0.717) is 11.3 Å². The minimum absolute atomic E-state index is 0. The van der Waals surface area contributed by atoms with Crippen LogP contribution < -0.4 is 4.74 Å². The Hall–Kier alpha value is -3.78. The number of rotatable bonds is 10. The first-order valence-corrected chi connectivity index (χ1v) is 13.5. The van der Waals surface area contributed by atoms with E-state index in [0.717, 1.165) is 59.4 Å². The highest BCUT2D eigenvalue weighted by atomic mass is 16.5. The van der Waals surface area contributed by atoms with Crippen molar-refractivity contribution < 1.29 is 12.4 Å². The van der Waals surface area contributed by atoms with E-state index >= 15 is 0 Å². The molecule has 0 N–H and O–H groups in total. The van der Waals surface area contributed by atoms with E-state index in [2.05, 4.69) is 79.1 Å². The largest absolute Gasteiger partial charge is 0.487 e. The van der Waals surface area contributed by atoms with Gasteiger partial charge in [0.05, 0.1) is 11.3 Å². The molecule has 1 aromatic rings. The Kier molecular flexibility index (Phi) is 10.2. The summed E-state index contributed by atoms with van der Waals surface area (Å²) in [7, 11) is 3.48. The maximum atomic E-state index is 13.1. The molecule has 1 aliphatic heterocycles. The van der Waals surface area contributed by atoms with Crippen molar-refractivity contribution in [2.45, 2.75) is 72.8 Å². The van der Waals surface area contributed by atoms with Crippen molar-refractivity contribution >= 4 is 29.5 Å². The normalized spacial score (nSPS) is 17.4. The fourth-order valence-corrected chi connectivity index (χ4v) is 4.60. The van der Waals surface area contributed by atoms with Gasteiger partial charge in [-0.2, -0.15) is 0 Å². The molecular formula is C34H44N3O2. The van der Waals surface area contributed by atoms with Gasteiger partial charge in [0.15, 0.2) is 0 Å². The Balaban J connectivity index is 0.00000420. The summed E-state index contributed by atoms with van der Waals surface area (Å²) < 4.78 is 6.23. The van der Waals surface area contributed by atoms with Crippen molar-refractivity contribution in [1.82, 2.24) is 0 Å². The molecule has 3 rings (SSSR count). The van der Waals surface area contributed by atoms with Crippen molar-refractivity contribution in [2.24, 2.45) is 15.0 Å². The van der Waals surface area contributed by atoms with Crippen molar-refractivity contribution in [3.8, 4) is 17.6 Å². The van der Waals surface area contributed by atoms with E-state index < -0.39 is 0 Å². The van der Waals surface area contributed by atoms with Crippen molar-refractivity contribution in [3.63, 3.8) is 0 Å². The minimum Gasteiger partial charge on any atom is -0.487 e. The molecule has 0 atom stereocenters. The maximum absolute atomic E-state index is 13.1. The third kappa shape index (κ3) is 8.10. The van der Waals surface area contributed by atoms with Crippen LogP contribution in [0.15, 0.2) is 67.8 Å². The third-order valence-electron chi connectivity index (χ3n) is 6.54. The lowest BCUT2D eigenvalue weighted by atomic mass is 9.96. The first-order chi connectivity index (χ1) is 18.6. The number of nitrogens with zero attached hydrogens (tertiary/aromatic N) is 3. The van der Waals surface area contributed by atoms with Crippen LogP contribution in [0.3, 0.4) is 0 Å². The third-order valence-corrected chi connectivity index (χ3v) is 6.54. The molecule has 0 fully saturated rings. The summed E-state index contributed by atoms with van der Waals surface area (Å²) in [6, 6.07) is 4.15. The number of allylic oxidation sites excluding steroid dienone is 8. The Morgan fingerprint density at radius 2 is 2.00 bits per heavy atom. The fraction of sp³-hybridized carbons (Fsp3) is 0.382. The van der Waals surface area contributed by atoms with Crippen LogP contribution in [0, 0.1) is 18.3 Å². The van der Waals surface area contributed by atoms with Crippen LogP contribution in [0.1, 0.15) is 80.3 Å². The Bertz CT molecular complexity index is 1410. The van der Waals surface area contributed by atoms with Crippen LogP contribution >= 0.6 is 0 Å². The Morgan fingerprint density at radius 3 is 2.67 bits per heavy atom. The highest BCUT2D eigenvalue weighted by molar-refractivity contribution is 6.22. The van der Waals surface area contributed by atoms with Gasteiger partial charge in [-0.1, -0.05) is 36.5 Å². The van der Waals surface area contributed by atoms with Crippen LogP contribution in [0.4, 0.5) is 0 Å². The highest BCUT2D eigenvalue weighted by Crippen LogP contribution is 2.46. The van der Waals surface area contributed by atoms with E-state index in [1.54, 1.807) is 20.2 Å². The zero-order chi connectivity index (χ0) is 28.6. The summed E-state index contributed by atoms with van der Waals surface area (Å²) >= 11 is 0. The van der Waals surface area contributed by atoms with E-state index in [1.165, 1.54) is 17.4 Å². The number of benzene rings is 1. The number of carbonyl (C=O) groups excluding carboxylic acids is 1. The van der Waals surface area contributed by atoms with Gasteiger partial charge in [0, 0.05) is 59.9 Å². The number of carbonyl (C=O) groups is 1. The van der Waals surface area contributed by atoms with Crippen molar-refractivity contribution in [1.29, 1.82) is 0 Å². The number of hydrogen-bond donors (Lipinski definition) is 0. The molecule has 0 unspecified atom stereocenters. The van der Waals surface area contributed by atoms with Gasteiger partial charge >= 0.3 is 0 Å². The molecular weight excluding hydrogens is 482 g/mol. The summed E-state index contributed by atoms with van der Waals surface area (Å²) in [5.74, 6) is 6.60. The predicted octanol–water partition coefficient (Wildman–Crippen LogP) is 7.61. The standard InChI is InChI=1S/C34H40N3O2.2H2/c1-9-11-15-37-24(4)31(22-35-7)32(38)14-13-25-17-27-21-34(5,6)39-33(27)20-30(25)29-19-26(29)18-28(36-8)16-23(3)12-10-2;;/h9,11,15-17,19-20,22H,10,12,18,21H2,1-8H3;2*1H/b11-9-,23-16-,31-24-,35-22?,36-28?,37-15-;;. The minimum atomic E-state index is -0.315. The van der Waals surface area contributed by atoms with Crippen LogP contribution in [-0.2, 0) is 11.2 Å².